The molecule has 0 saturated carbocycles. The molecular weight excluding hydrogens is 413 g/mol. The van der Waals surface area contributed by atoms with E-state index >= 15 is 4.39 Å². The van der Waals surface area contributed by atoms with Crippen molar-refractivity contribution in [3.05, 3.63) is 60.3 Å². The predicted octanol–water partition coefficient (Wildman–Crippen LogP) is 1.84. The van der Waals surface area contributed by atoms with Gasteiger partial charge in [-0.1, -0.05) is 0 Å². The molecule has 3 aromatic rings. The number of carbonyl (C=O) groups is 1. The first-order chi connectivity index (χ1) is 13.7. The summed E-state index contributed by atoms with van der Waals surface area (Å²) in [5.74, 6) is -4.18. The van der Waals surface area contributed by atoms with Gasteiger partial charge in [0, 0.05) is 17.8 Å². The first-order valence-electron chi connectivity index (χ1n) is 8.02. The monoisotopic (exact) mass is 424 g/mol. The molecule has 4 rings (SSSR count). The van der Waals surface area contributed by atoms with Crippen LogP contribution in [0.5, 0.6) is 5.75 Å². The van der Waals surface area contributed by atoms with Crippen LogP contribution in [0.4, 0.5) is 18.9 Å². The smallest absolute Gasteiger partial charge is 0.326 e. The van der Waals surface area contributed by atoms with Crippen molar-refractivity contribution < 1.29 is 31.5 Å². The molecule has 0 unspecified atom stereocenters. The molecule has 2 heterocycles. The number of amides is 1. The summed E-state index contributed by atoms with van der Waals surface area (Å²) in [4.78, 5) is 15.4. The maximum absolute atomic E-state index is 15.1. The number of imidazole rings is 1. The third kappa shape index (κ3) is 3.16. The Kier molecular flexibility index (Phi) is 4.22. The van der Waals surface area contributed by atoms with Crippen molar-refractivity contribution in [2.45, 2.75) is 0 Å². The van der Waals surface area contributed by atoms with E-state index in [1.165, 1.54) is 6.20 Å². The van der Waals surface area contributed by atoms with Crippen molar-refractivity contribution in [2.24, 2.45) is 0 Å². The van der Waals surface area contributed by atoms with Gasteiger partial charge in [0.25, 0.3) is 5.91 Å². The minimum Gasteiger partial charge on any atom is -0.506 e. The Morgan fingerprint density at radius 2 is 1.90 bits per heavy atom. The van der Waals surface area contributed by atoms with Crippen molar-refractivity contribution in [3.8, 4) is 22.7 Å². The topological polar surface area (TPSA) is 105 Å². The van der Waals surface area contributed by atoms with Crippen molar-refractivity contribution in [2.75, 3.05) is 10.8 Å². The van der Waals surface area contributed by atoms with Gasteiger partial charge in [0.15, 0.2) is 5.82 Å². The fourth-order valence-electron chi connectivity index (χ4n) is 2.91. The molecule has 29 heavy (non-hydrogen) atoms. The number of hydrogen-bond acceptors (Lipinski definition) is 5. The van der Waals surface area contributed by atoms with Gasteiger partial charge in [0.2, 0.25) is 0 Å². The van der Waals surface area contributed by atoms with Crippen molar-refractivity contribution >= 4 is 21.8 Å². The predicted molar refractivity (Wildman–Crippen MR) is 94.9 cm³/mol. The van der Waals surface area contributed by atoms with Crippen LogP contribution in [-0.4, -0.2) is 35.5 Å². The highest BCUT2D eigenvalue weighted by Gasteiger charge is 2.38. The van der Waals surface area contributed by atoms with E-state index in [0.717, 1.165) is 41.2 Å². The number of carbonyl (C=O) groups excluding carboxylic acids is 1. The van der Waals surface area contributed by atoms with Gasteiger partial charge in [0.05, 0.1) is 11.4 Å². The van der Waals surface area contributed by atoms with Crippen LogP contribution < -0.4 is 9.03 Å². The van der Waals surface area contributed by atoms with Gasteiger partial charge in [-0.25, -0.2) is 27.2 Å². The average Bonchev–Trinajstić information content (AvgIpc) is 3.21. The lowest BCUT2D eigenvalue weighted by Gasteiger charge is -2.18. The van der Waals surface area contributed by atoms with Gasteiger partial charge in [-0.15, -0.1) is 0 Å². The first-order valence-corrected chi connectivity index (χ1v) is 9.46. The second-order valence-corrected chi connectivity index (χ2v) is 7.69. The van der Waals surface area contributed by atoms with E-state index in [0.29, 0.717) is 4.31 Å². The van der Waals surface area contributed by atoms with Crippen molar-refractivity contribution in [3.63, 3.8) is 0 Å². The molecule has 1 amide bonds. The Hall–Kier alpha value is -3.54. The van der Waals surface area contributed by atoms with E-state index in [1.807, 2.05) is 0 Å². The van der Waals surface area contributed by atoms with E-state index in [2.05, 4.69) is 4.98 Å². The lowest BCUT2D eigenvalue weighted by atomic mass is 10.1. The molecule has 0 aliphatic carbocycles. The molecule has 0 spiro atoms. The van der Waals surface area contributed by atoms with Gasteiger partial charge < -0.3 is 9.67 Å². The summed E-state index contributed by atoms with van der Waals surface area (Å²) in [7, 11) is -4.36. The summed E-state index contributed by atoms with van der Waals surface area (Å²) >= 11 is 0. The molecule has 1 aliphatic rings. The van der Waals surface area contributed by atoms with E-state index in [9.17, 15) is 27.1 Å². The standard InChI is InChI=1S/C17H11F3N4O4S/c18-9-1-3-11(19)13(5-9)23-6-12(21-8-23)10-2-4-14(25)17(16(10)20)24-7-15(26)22-29(24,27)28/h1-6,8,25H,7H2,(H,22,26). The zero-order valence-electron chi connectivity index (χ0n) is 14.3. The Balaban J connectivity index is 1.81. The van der Waals surface area contributed by atoms with Gasteiger partial charge in [-0.3, -0.25) is 4.79 Å². The van der Waals surface area contributed by atoms with Crippen molar-refractivity contribution in [1.82, 2.24) is 14.3 Å². The second-order valence-electron chi connectivity index (χ2n) is 6.09. The summed E-state index contributed by atoms with van der Waals surface area (Å²) in [6, 6.07) is 4.96. The van der Waals surface area contributed by atoms with Crippen LogP contribution in [0.25, 0.3) is 16.9 Å². The van der Waals surface area contributed by atoms with Gasteiger partial charge in [-0.05, 0) is 24.3 Å². The highest BCUT2D eigenvalue weighted by molar-refractivity contribution is 7.92. The maximum Gasteiger partial charge on any atom is 0.326 e. The lowest BCUT2D eigenvalue weighted by Crippen LogP contribution is -2.30. The average molecular weight is 424 g/mol. The van der Waals surface area contributed by atoms with E-state index in [-0.39, 0.29) is 16.9 Å². The molecule has 0 atom stereocenters. The Morgan fingerprint density at radius 3 is 2.59 bits per heavy atom. The molecule has 0 radical (unpaired) electrons. The molecule has 1 fully saturated rings. The molecular formula is C17H11F3N4O4S. The number of aromatic hydroxyl groups is 1. The number of phenolic OH excluding ortho intramolecular Hbond substituents is 1. The van der Waals surface area contributed by atoms with Crippen molar-refractivity contribution in [1.29, 1.82) is 0 Å². The molecule has 2 aromatic carbocycles. The fraction of sp³-hybridized carbons (Fsp3) is 0.0588. The van der Waals surface area contributed by atoms with E-state index < -0.39 is 51.5 Å². The highest BCUT2D eigenvalue weighted by Crippen LogP contribution is 2.38. The summed E-state index contributed by atoms with van der Waals surface area (Å²) in [5.41, 5.74) is -1.15. The van der Waals surface area contributed by atoms with Gasteiger partial charge in [-0.2, -0.15) is 8.42 Å². The largest absolute Gasteiger partial charge is 0.506 e. The normalized spacial score (nSPS) is 15.6. The maximum atomic E-state index is 15.1. The zero-order valence-corrected chi connectivity index (χ0v) is 15.1. The number of nitrogens with zero attached hydrogens (tertiary/aromatic N) is 3. The minimum atomic E-state index is -4.36. The summed E-state index contributed by atoms with van der Waals surface area (Å²) in [5, 5.41) is 9.99. The number of aromatic nitrogens is 2. The molecule has 1 aromatic heterocycles. The Labute approximate surface area is 162 Å². The number of hydrogen-bond donors (Lipinski definition) is 2. The third-order valence-corrected chi connectivity index (χ3v) is 5.59. The minimum absolute atomic E-state index is 0.0386. The summed E-state index contributed by atoms with van der Waals surface area (Å²) < 4.78 is 69.7. The number of benzene rings is 2. The third-order valence-electron chi connectivity index (χ3n) is 4.21. The quantitative estimate of drug-likeness (QED) is 0.668. The van der Waals surface area contributed by atoms with Gasteiger partial charge in [0.1, 0.15) is 35.9 Å². The fourth-order valence-corrected chi connectivity index (χ4v) is 4.08. The molecule has 1 saturated heterocycles. The molecule has 8 nitrogen and oxygen atoms in total. The van der Waals surface area contributed by atoms with E-state index in [1.54, 1.807) is 4.72 Å². The number of halogens is 3. The molecule has 12 heteroatoms. The van der Waals surface area contributed by atoms with Crippen LogP contribution >= 0.6 is 0 Å². The Bertz CT molecular complexity index is 1260. The Morgan fingerprint density at radius 1 is 1.14 bits per heavy atom. The van der Waals surface area contributed by atoms with Crippen LogP contribution in [0.1, 0.15) is 0 Å². The molecule has 2 N–H and O–H groups in total. The lowest BCUT2D eigenvalue weighted by molar-refractivity contribution is -0.117. The SMILES string of the molecule is O=C1CN(c2c(O)ccc(-c3cn(-c4cc(F)ccc4F)cn3)c2F)S(=O)(=O)N1. The van der Waals surface area contributed by atoms with E-state index in [4.69, 9.17) is 0 Å². The zero-order chi connectivity index (χ0) is 20.9. The molecule has 0 bridgehead atoms. The molecule has 1 aliphatic heterocycles. The van der Waals surface area contributed by atoms with Gasteiger partial charge >= 0.3 is 10.2 Å². The molecule has 150 valence electrons. The summed E-state index contributed by atoms with van der Waals surface area (Å²) in [6.45, 7) is -0.709. The van der Waals surface area contributed by atoms with Crippen LogP contribution in [0.3, 0.4) is 0 Å². The van der Waals surface area contributed by atoms with Crippen LogP contribution in [-0.2, 0) is 15.0 Å². The van der Waals surface area contributed by atoms with Crippen LogP contribution in [0.15, 0.2) is 42.9 Å². The summed E-state index contributed by atoms with van der Waals surface area (Å²) in [6.07, 6.45) is 2.33. The second kappa shape index (κ2) is 6.51. The number of phenols is 1. The highest BCUT2D eigenvalue weighted by atomic mass is 32.2. The first kappa shape index (κ1) is 18.8. The number of anilines is 1. The van der Waals surface area contributed by atoms with Crippen LogP contribution in [0, 0.1) is 17.5 Å². The number of nitrogens with one attached hydrogen (secondary N) is 1. The number of rotatable bonds is 3. The van der Waals surface area contributed by atoms with Crippen LogP contribution in [0.2, 0.25) is 0 Å².